The van der Waals surface area contributed by atoms with E-state index < -0.39 is 11.4 Å². The molecule has 23 heavy (non-hydrogen) atoms. The third-order valence-corrected chi connectivity index (χ3v) is 3.97. The molecule has 2 atom stereocenters. The molecule has 1 aliphatic rings. The number of nitrogens with zero attached hydrogens (tertiary/aromatic N) is 1. The van der Waals surface area contributed by atoms with Gasteiger partial charge in [-0.25, -0.2) is 0 Å². The van der Waals surface area contributed by atoms with E-state index in [9.17, 15) is 4.79 Å². The van der Waals surface area contributed by atoms with Crippen molar-refractivity contribution in [3.05, 3.63) is 35.9 Å². The number of amides is 1. The van der Waals surface area contributed by atoms with Gasteiger partial charge in [0.2, 0.25) is 5.91 Å². The molecule has 1 amide bonds. The fraction of sp³-hybridized carbons (Fsp3) is 0.500. The fourth-order valence-corrected chi connectivity index (χ4v) is 2.66. The van der Waals surface area contributed by atoms with Crippen LogP contribution >= 0.6 is 37.2 Å². The standard InChI is InChI=1S/C14H23N5O.3ClH/c15-10-14(17,13(16)20)12-8-18-6-7-19(12)9-11-4-2-1-3-5-11;;;/h1-5,12,18H,6-10,15,17H2,(H2,16,20);3*1H. The van der Waals surface area contributed by atoms with Gasteiger partial charge in [-0.15, -0.1) is 37.2 Å². The van der Waals surface area contributed by atoms with Crippen LogP contribution in [0.2, 0.25) is 0 Å². The summed E-state index contributed by atoms with van der Waals surface area (Å²) in [4.78, 5) is 13.9. The molecule has 1 fully saturated rings. The van der Waals surface area contributed by atoms with Crippen LogP contribution in [-0.2, 0) is 11.3 Å². The molecule has 2 unspecified atom stereocenters. The zero-order valence-electron chi connectivity index (χ0n) is 12.8. The molecule has 6 nitrogen and oxygen atoms in total. The van der Waals surface area contributed by atoms with E-state index in [1.165, 1.54) is 5.56 Å². The van der Waals surface area contributed by atoms with Crippen LogP contribution in [0.1, 0.15) is 5.56 Å². The van der Waals surface area contributed by atoms with Crippen molar-refractivity contribution in [2.75, 3.05) is 26.2 Å². The number of hydrogen-bond donors (Lipinski definition) is 4. The minimum absolute atomic E-state index is 0. The van der Waals surface area contributed by atoms with Gasteiger partial charge in [-0.1, -0.05) is 30.3 Å². The van der Waals surface area contributed by atoms with Crippen molar-refractivity contribution >= 4 is 43.1 Å². The predicted molar refractivity (Wildman–Crippen MR) is 100 cm³/mol. The molecule has 7 N–H and O–H groups in total. The highest BCUT2D eigenvalue weighted by Gasteiger charge is 2.43. The summed E-state index contributed by atoms with van der Waals surface area (Å²) in [6.07, 6.45) is 0. The van der Waals surface area contributed by atoms with Crippen LogP contribution in [0.5, 0.6) is 0 Å². The molecule has 2 rings (SSSR count). The summed E-state index contributed by atoms with van der Waals surface area (Å²) in [6.45, 7) is 3.07. The molecule has 0 aliphatic carbocycles. The minimum atomic E-state index is -1.21. The van der Waals surface area contributed by atoms with Crippen molar-refractivity contribution < 1.29 is 4.79 Å². The van der Waals surface area contributed by atoms with Crippen molar-refractivity contribution in [1.29, 1.82) is 0 Å². The van der Waals surface area contributed by atoms with Gasteiger partial charge in [0.15, 0.2) is 0 Å². The molecular weight excluding hydrogens is 361 g/mol. The van der Waals surface area contributed by atoms with Crippen molar-refractivity contribution in [2.45, 2.75) is 18.1 Å². The highest BCUT2D eigenvalue weighted by molar-refractivity contribution is 5.86. The van der Waals surface area contributed by atoms with Crippen LogP contribution in [0.3, 0.4) is 0 Å². The Labute approximate surface area is 155 Å². The van der Waals surface area contributed by atoms with E-state index >= 15 is 0 Å². The maximum Gasteiger partial charge on any atom is 0.240 e. The molecular formula is C14H26Cl3N5O. The molecule has 0 radical (unpaired) electrons. The molecule has 0 spiro atoms. The van der Waals surface area contributed by atoms with E-state index in [0.29, 0.717) is 6.54 Å². The second-order valence-corrected chi connectivity index (χ2v) is 5.28. The normalized spacial score (nSPS) is 20.2. The summed E-state index contributed by atoms with van der Waals surface area (Å²) < 4.78 is 0. The van der Waals surface area contributed by atoms with Crippen molar-refractivity contribution in [3.63, 3.8) is 0 Å². The first-order chi connectivity index (χ1) is 9.58. The Balaban J connectivity index is 0. The Kier molecular flexibility index (Phi) is 11.8. The molecule has 1 aromatic rings. The summed E-state index contributed by atoms with van der Waals surface area (Å²) in [5, 5.41) is 3.26. The van der Waals surface area contributed by atoms with Gasteiger partial charge in [0, 0.05) is 32.7 Å². The quantitative estimate of drug-likeness (QED) is 0.563. The number of halogens is 3. The van der Waals surface area contributed by atoms with Gasteiger partial charge in [0.1, 0.15) is 5.54 Å². The van der Waals surface area contributed by atoms with Crippen LogP contribution in [0.4, 0.5) is 0 Å². The minimum Gasteiger partial charge on any atom is -0.368 e. The SMILES string of the molecule is Cl.Cl.Cl.NCC(N)(C(N)=O)C1CNCCN1Cc1ccccc1. The van der Waals surface area contributed by atoms with Crippen LogP contribution in [0.15, 0.2) is 30.3 Å². The molecule has 0 bridgehead atoms. The lowest BCUT2D eigenvalue weighted by atomic mass is 9.87. The summed E-state index contributed by atoms with van der Waals surface area (Å²) >= 11 is 0. The van der Waals surface area contributed by atoms with Gasteiger partial charge in [0.25, 0.3) is 0 Å². The van der Waals surface area contributed by atoms with Crippen molar-refractivity contribution in [1.82, 2.24) is 10.2 Å². The first-order valence-electron chi connectivity index (χ1n) is 6.85. The monoisotopic (exact) mass is 385 g/mol. The van der Waals surface area contributed by atoms with Gasteiger partial charge < -0.3 is 22.5 Å². The number of carbonyl (C=O) groups excluding carboxylic acids is 1. The molecule has 9 heteroatoms. The van der Waals surface area contributed by atoms with Gasteiger partial charge in [0.05, 0.1) is 6.04 Å². The van der Waals surface area contributed by atoms with E-state index in [-0.39, 0.29) is 49.8 Å². The maximum absolute atomic E-state index is 11.7. The third kappa shape index (κ3) is 5.76. The topological polar surface area (TPSA) is 110 Å². The molecule has 1 heterocycles. The van der Waals surface area contributed by atoms with Crippen molar-refractivity contribution in [3.8, 4) is 0 Å². The Bertz CT molecular complexity index is 465. The van der Waals surface area contributed by atoms with Gasteiger partial charge in [-0.2, -0.15) is 0 Å². The first-order valence-corrected chi connectivity index (χ1v) is 6.85. The fourth-order valence-electron chi connectivity index (χ4n) is 2.66. The second kappa shape index (κ2) is 11.0. The largest absolute Gasteiger partial charge is 0.368 e. The molecule has 134 valence electrons. The van der Waals surface area contributed by atoms with Crippen molar-refractivity contribution in [2.24, 2.45) is 17.2 Å². The van der Waals surface area contributed by atoms with Crippen LogP contribution in [0, 0.1) is 0 Å². The number of benzene rings is 1. The molecule has 0 saturated carbocycles. The average Bonchev–Trinajstić information content (AvgIpc) is 2.48. The van der Waals surface area contributed by atoms with Gasteiger partial charge >= 0.3 is 0 Å². The second-order valence-electron chi connectivity index (χ2n) is 5.28. The Morgan fingerprint density at radius 1 is 1.26 bits per heavy atom. The number of nitrogens with one attached hydrogen (secondary N) is 1. The number of piperazine rings is 1. The van der Waals surface area contributed by atoms with Crippen LogP contribution in [-0.4, -0.2) is 48.6 Å². The highest BCUT2D eigenvalue weighted by atomic mass is 35.5. The highest BCUT2D eigenvalue weighted by Crippen LogP contribution is 2.18. The average molecular weight is 387 g/mol. The predicted octanol–water partition coefficient (Wildman–Crippen LogP) is -0.133. The van der Waals surface area contributed by atoms with E-state index in [1.54, 1.807) is 0 Å². The number of hydrogen-bond acceptors (Lipinski definition) is 5. The lowest BCUT2D eigenvalue weighted by Gasteiger charge is -2.44. The number of nitrogens with two attached hydrogens (primary N) is 3. The van der Waals surface area contributed by atoms with Gasteiger partial charge in [-0.05, 0) is 5.56 Å². The number of carbonyl (C=O) groups is 1. The molecule has 1 aliphatic heterocycles. The Hall–Kier alpha value is -0.600. The van der Waals surface area contributed by atoms with Crippen LogP contribution in [0.25, 0.3) is 0 Å². The first kappa shape index (κ1) is 24.6. The molecule has 0 aromatic heterocycles. The Morgan fingerprint density at radius 2 is 1.87 bits per heavy atom. The zero-order valence-corrected chi connectivity index (χ0v) is 15.3. The van der Waals surface area contributed by atoms with E-state index in [0.717, 1.165) is 19.6 Å². The summed E-state index contributed by atoms with van der Waals surface area (Å²) in [5.74, 6) is -0.549. The van der Waals surface area contributed by atoms with E-state index in [1.807, 2.05) is 18.2 Å². The summed E-state index contributed by atoms with van der Waals surface area (Å²) in [7, 11) is 0. The summed E-state index contributed by atoms with van der Waals surface area (Å²) in [5.41, 5.74) is 17.3. The van der Waals surface area contributed by atoms with E-state index in [2.05, 4.69) is 22.3 Å². The lowest BCUT2D eigenvalue weighted by molar-refractivity contribution is -0.125. The number of primary amides is 1. The summed E-state index contributed by atoms with van der Waals surface area (Å²) in [6, 6.07) is 9.90. The maximum atomic E-state index is 11.7. The van der Waals surface area contributed by atoms with Gasteiger partial charge in [-0.3, -0.25) is 9.69 Å². The smallest absolute Gasteiger partial charge is 0.240 e. The molecule has 1 saturated heterocycles. The Morgan fingerprint density at radius 3 is 2.39 bits per heavy atom. The van der Waals surface area contributed by atoms with E-state index in [4.69, 9.17) is 17.2 Å². The third-order valence-electron chi connectivity index (χ3n) is 3.97. The number of rotatable bonds is 5. The molecule has 1 aromatic carbocycles. The zero-order chi connectivity index (χ0) is 14.6. The van der Waals surface area contributed by atoms with Crippen LogP contribution < -0.4 is 22.5 Å². The lowest BCUT2D eigenvalue weighted by Crippen LogP contribution is -2.73.